The third kappa shape index (κ3) is 3.66. The highest BCUT2D eigenvalue weighted by molar-refractivity contribution is 7.98. The zero-order valence-corrected chi connectivity index (χ0v) is 11.0. The molecule has 1 rings (SSSR count). The Balaban J connectivity index is 2.68. The van der Waals surface area contributed by atoms with Crippen molar-refractivity contribution in [2.75, 3.05) is 24.9 Å². The molecular formula is C10H16N4O3S. The summed E-state index contributed by atoms with van der Waals surface area (Å²) >= 11 is 1.58. The number of H-pyrrole nitrogens is 1. The molecule has 4 N–H and O–H groups in total. The lowest BCUT2D eigenvalue weighted by atomic mass is 10.2. The van der Waals surface area contributed by atoms with Crippen LogP contribution < -0.4 is 11.1 Å². The zero-order valence-electron chi connectivity index (χ0n) is 10.2. The number of rotatable bonds is 6. The molecule has 0 aliphatic carbocycles. The predicted molar refractivity (Wildman–Crippen MR) is 69.3 cm³/mol. The van der Waals surface area contributed by atoms with Crippen LogP contribution in [-0.4, -0.2) is 47.2 Å². The number of ether oxygens (including phenoxy) is 1. The maximum absolute atomic E-state index is 11.9. The Bertz CT molecular complexity index is 421. The van der Waals surface area contributed by atoms with Gasteiger partial charge in [0.15, 0.2) is 0 Å². The van der Waals surface area contributed by atoms with Gasteiger partial charge in [-0.2, -0.15) is 16.9 Å². The molecule has 18 heavy (non-hydrogen) atoms. The van der Waals surface area contributed by atoms with Gasteiger partial charge in [0.25, 0.3) is 5.91 Å². The summed E-state index contributed by atoms with van der Waals surface area (Å²) in [5.74, 6) is -0.0146. The van der Waals surface area contributed by atoms with Crippen molar-refractivity contribution in [1.82, 2.24) is 15.5 Å². The Morgan fingerprint density at radius 3 is 2.89 bits per heavy atom. The first-order valence-electron chi connectivity index (χ1n) is 5.26. The number of methoxy groups -OCH3 is 1. The van der Waals surface area contributed by atoms with E-state index in [0.717, 1.165) is 5.75 Å². The van der Waals surface area contributed by atoms with Crippen LogP contribution in [0.1, 0.15) is 16.8 Å². The van der Waals surface area contributed by atoms with Crippen molar-refractivity contribution in [1.29, 1.82) is 0 Å². The van der Waals surface area contributed by atoms with Crippen LogP contribution in [-0.2, 0) is 9.53 Å². The molecule has 0 aromatic carbocycles. The van der Waals surface area contributed by atoms with Crippen molar-refractivity contribution in [3.05, 3.63) is 11.8 Å². The Kier molecular flexibility index (Phi) is 5.50. The topological polar surface area (TPSA) is 110 Å². The van der Waals surface area contributed by atoms with E-state index in [9.17, 15) is 9.59 Å². The molecule has 0 spiro atoms. The molecule has 0 fully saturated rings. The third-order valence-electron chi connectivity index (χ3n) is 2.32. The van der Waals surface area contributed by atoms with Crippen LogP contribution in [0, 0.1) is 0 Å². The van der Waals surface area contributed by atoms with Gasteiger partial charge in [-0.3, -0.25) is 9.89 Å². The maximum atomic E-state index is 11.9. The molecule has 1 unspecified atom stereocenters. The number of amides is 1. The fraction of sp³-hybridized carbons (Fsp3) is 0.500. The Morgan fingerprint density at radius 2 is 2.39 bits per heavy atom. The molecule has 8 heteroatoms. The van der Waals surface area contributed by atoms with Crippen LogP contribution in [0.4, 0.5) is 5.82 Å². The number of thioether (sulfide) groups is 1. The molecule has 100 valence electrons. The first kappa shape index (κ1) is 14.4. The van der Waals surface area contributed by atoms with E-state index >= 15 is 0 Å². The number of hydrogen-bond donors (Lipinski definition) is 3. The Hall–Kier alpha value is -1.70. The predicted octanol–water partition coefficient (Wildman–Crippen LogP) is 0.0164. The minimum Gasteiger partial charge on any atom is -0.467 e. The number of anilines is 1. The second-order valence-corrected chi connectivity index (χ2v) is 4.51. The molecule has 0 aliphatic rings. The number of esters is 1. The van der Waals surface area contributed by atoms with Gasteiger partial charge < -0.3 is 15.8 Å². The number of nitrogens with one attached hydrogen (secondary N) is 2. The lowest BCUT2D eigenvalue weighted by molar-refractivity contribution is -0.142. The number of carbonyl (C=O) groups excluding carboxylic acids is 2. The van der Waals surface area contributed by atoms with Crippen LogP contribution in [0.5, 0.6) is 0 Å². The van der Waals surface area contributed by atoms with E-state index in [4.69, 9.17) is 5.73 Å². The number of nitrogens with two attached hydrogens (primary N) is 1. The lowest BCUT2D eigenvalue weighted by Gasteiger charge is -2.15. The molecule has 0 bridgehead atoms. The van der Waals surface area contributed by atoms with Crippen LogP contribution >= 0.6 is 11.8 Å². The molecule has 1 aromatic rings. The smallest absolute Gasteiger partial charge is 0.328 e. The average molecular weight is 272 g/mol. The summed E-state index contributed by atoms with van der Waals surface area (Å²) in [5.41, 5.74) is 5.74. The van der Waals surface area contributed by atoms with Gasteiger partial charge in [0.2, 0.25) is 0 Å². The molecule has 1 atom stereocenters. The van der Waals surface area contributed by atoms with E-state index in [1.54, 1.807) is 11.8 Å². The van der Waals surface area contributed by atoms with Gasteiger partial charge in [-0.15, -0.1) is 0 Å². The summed E-state index contributed by atoms with van der Waals surface area (Å²) in [6.07, 6.45) is 3.73. The molecule has 1 aromatic heterocycles. The quantitative estimate of drug-likeness (QED) is 0.629. The fourth-order valence-corrected chi connectivity index (χ4v) is 1.81. The molecule has 0 saturated carbocycles. The summed E-state index contributed by atoms with van der Waals surface area (Å²) in [5, 5.41) is 8.68. The van der Waals surface area contributed by atoms with Gasteiger partial charge in [0.1, 0.15) is 17.4 Å². The van der Waals surface area contributed by atoms with Crippen LogP contribution in [0.2, 0.25) is 0 Å². The summed E-state index contributed by atoms with van der Waals surface area (Å²) < 4.78 is 4.64. The van der Waals surface area contributed by atoms with Crippen LogP contribution in [0.15, 0.2) is 6.20 Å². The van der Waals surface area contributed by atoms with Gasteiger partial charge in [-0.25, -0.2) is 4.79 Å². The average Bonchev–Trinajstić information content (AvgIpc) is 2.79. The lowest BCUT2D eigenvalue weighted by Crippen LogP contribution is -2.42. The van der Waals surface area contributed by atoms with Crippen molar-refractivity contribution >= 4 is 29.5 Å². The normalized spacial score (nSPS) is 11.9. The summed E-state index contributed by atoms with van der Waals surface area (Å²) in [7, 11) is 1.28. The van der Waals surface area contributed by atoms with Crippen LogP contribution in [0.25, 0.3) is 0 Å². The van der Waals surface area contributed by atoms with Gasteiger partial charge in [0, 0.05) is 0 Å². The number of carbonyl (C=O) groups is 2. The second kappa shape index (κ2) is 6.90. The van der Waals surface area contributed by atoms with Crippen molar-refractivity contribution in [3.63, 3.8) is 0 Å². The standard InChI is InChI=1S/C10H16N4O3S/c1-17-10(16)7(3-4-18-2)13-9(15)6-5-12-14-8(6)11/h5,7H,3-4H2,1-2H3,(H,13,15)(H3,11,12,14). The molecular weight excluding hydrogens is 256 g/mol. The van der Waals surface area contributed by atoms with Gasteiger partial charge in [0.05, 0.1) is 13.3 Å². The number of nitrogens with zero attached hydrogens (tertiary/aromatic N) is 1. The summed E-state index contributed by atoms with van der Waals surface area (Å²) in [6, 6.07) is -0.677. The maximum Gasteiger partial charge on any atom is 0.328 e. The van der Waals surface area contributed by atoms with Crippen LogP contribution in [0.3, 0.4) is 0 Å². The van der Waals surface area contributed by atoms with E-state index in [1.165, 1.54) is 13.3 Å². The molecule has 0 radical (unpaired) electrons. The van der Waals surface area contributed by atoms with Crippen molar-refractivity contribution in [3.8, 4) is 0 Å². The summed E-state index contributed by atoms with van der Waals surface area (Å²) in [4.78, 5) is 23.4. The number of hydrogen-bond acceptors (Lipinski definition) is 6. The van der Waals surface area contributed by atoms with Crippen molar-refractivity contribution < 1.29 is 14.3 Å². The molecule has 7 nitrogen and oxygen atoms in total. The molecule has 0 saturated heterocycles. The first-order valence-corrected chi connectivity index (χ1v) is 6.66. The summed E-state index contributed by atoms with van der Waals surface area (Å²) in [6.45, 7) is 0. The third-order valence-corrected chi connectivity index (χ3v) is 2.96. The highest BCUT2D eigenvalue weighted by Gasteiger charge is 2.23. The molecule has 1 amide bonds. The van der Waals surface area contributed by atoms with E-state index in [-0.39, 0.29) is 11.4 Å². The Morgan fingerprint density at radius 1 is 1.67 bits per heavy atom. The number of nitrogen functional groups attached to an aromatic ring is 1. The monoisotopic (exact) mass is 272 g/mol. The highest BCUT2D eigenvalue weighted by atomic mass is 32.2. The molecule has 0 aliphatic heterocycles. The van der Waals surface area contributed by atoms with E-state index < -0.39 is 17.9 Å². The van der Waals surface area contributed by atoms with Gasteiger partial charge in [-0.1, -0.05) is 0 Å². The number of aromatic amines is 1. The Labute approximate surface area is 109 Å². The second-order valence-electron chi connectivity index (χ2n) is 3.53. The zero-order chi connectivity index (χ0) is 13.5. The fourth-order valence-electron chi connectivity index (χ4n) is 1.34. The van der Waals surface area contributed by atoms with Gasteiger partial charge in [-0.05, 0) is 18.4 Å². The SMILES string of the molecule is COC(=O)C(CCSC)NC(=O)c1cn[nH]c1N. The van der Waals surface area contributed by atoms with E-state index in [1.807, 2.05) is 6.26 Å². The first-order chi connectivity index (χ1) is 8.60. The molecule has 1 heterocycles. The van der Waals surface area contributed by atoms with E-state index in [2.05, 4.69) is 20.3 Å². The van der Waals surface area contributed by atoms with Crippen molar-refractivity contribution in [2.45, 2.75) is 12.5 Å². The number of aromatic nitrogens is 2. The van der Waals surface area contributed by atoms with Crippen molar-refractivity contribution in [2.24, 2.45) is 0 Å². The largest absolute Gasteiger partial charge is 0.467 e. The minimum absolute atomic E-state index is 0.168. The van der Waals surface area contributed by atoms with E-state index in [0.29, 0.717) is 6.42 Å². The van der Waals surface area contributed by atoms with Gasteiger partial charge >= 0.3 is 5.97 Å². The highest BCUT2D eigenvalue weighted by Crippen LogP contribution is 2.08. The minimum atomic E-state index is -0.677.